The van der Waals surface area contributed by atoms with Crippen molar-refractivity contribution in [3.05, 3.63) is 54.6 Å². The number of nitrogens with two attached hydrogens (primary N) is 1. The zero-order valence-corrected chi connectivity index (χ0v) is 13.9. The molecule has 0 aliphatic heterocycles. The summed E-state index contributed by atoms with van der Waals surface area (Å²) in [5, 5.41) is 0. The molecule has 1 atom stereocenters. The fourth-order valence-corrected chi connectivity index (χ4v) is 4.06. The minimum atomic E-state index is 0.131. The Bertz CT molecular complexity index is 519. The third kappa shape index (κ3) is 3.65. The third-order valence-corrected chi connectivity index (χ3v) is 4.81. The van der Waals surface area contributed by atoms with Gasteiger partial charge in [-0.1, -0.05) is 22.0 Å². The van der Waals surface area contributed by atoms with Crippen LogP contribution in [0.5, 0.6) is 0 Å². The molecule has 0 aliphatic carbocycles. The summed E-state index contributed by atoms with van der Waals surface area (Å²) < 4.78 is 2.24. The van der Waals surface area contributed by atoms with Gasteiger partial charge < -0.3 is 0 Å². The van der Waals surface area contributed by atoms with Crippen LogP contribution in [0, 0.1) is 6.92 Å². The first-order chi connectivity index (χ1) is 8.58. The molecule has 0 radical (unpaired) electrons. The van der Waals surface area contributed by atoms with Gasteiger partial charge in [0.05, 0.1) is 9.83 Å². The van der Waals surface area contributed by atoms with E-state index in [1.165, 1.54) is 16.0 Å². The van der Waals surface area contributed by atoms with Gasteiger partial charge in [-0.3, -0.25) is 11.3 Å². The highest BCUT2D eigenvalue weighted by molar-refractivity contribution is 9.11. The number of aryl methyl sites for hydroxylation is 1. The second-order valence-electron chi connectivity index (χ2n) is 4.19. The van der Waals surface area contributed by atoms with Crippen molar-refractivity contribution in [1.29, 1.82) is 0 Å². The molecule has 1 aromatic carbocycles. The largest absolute Gasteiger partial charge is 0.271 e. The van der Waals surface area contributed by atoms with Gasteiger partial charge in [0, 0.05) is 15.8 Å². The molecule has 0 saturated heterocycles. The molecule has 3 N–H and O–H groups in total. The van der Waals surface area contributed by atoms with E-state index in [4.69, 9.17) is 5.84 Å². The van der Waals surface area contributed by atoms with Gasteiger partial charge in [-0.25, -0.2) is 0 Å². The Hall–Kier alpha value is -0.200. The lowest BCUT2D eigenvalue weighted by Gasteiger charge is -2.16. The fraction of sp³-hybridized carbons (Fsp3) is 0.231. The van der Waals surface area contributed by atoms with Gasteiger partial charge in [-0.2, -0.15) is 0 Å². The highest BCUT2D eigenvalue weighted by Crippen LogP contribution is 2.28. The molecule has 0 bridgehead atoms. The molecule has 0 amide bonds. The van der Waals surface area contributed by atoms with Gasteiger partial charge in [0.15, 0.2) is 0 Å². The van der Waals surface area contributed by atoms with E-state index in [0.717, 1.165) is 14.7 Å². The lowest BCUT2D eigenvalue weighted by Crippen LogP contribution is -2.29. The molecule has 0 spiro atoms. The van der Waals surface area contributed by atoms with E-state index in [-0.39, 0.29) is 6.04 Å². The Morgan fingerprint density at radius 3 is 2.61 bits per heavy atom. The van der Waals surface area contributed by atoms with Crippen LogP contribution in [0.15, 0.2) is 38.6 Å². The van der Waals surface area contributed by atoms with E-state index < -0.39 is 0 Å². The summed E-state index contributed by atoms with van der Waals surface area (Å²) in [6.45, 7) is 2.09. The lowest BCUT2D eigenvalue weighted by atomic mass is 10.0. The van der Waals surface area contributed by atoms with Crippen LogP contribution in [0.2, 0.25) is 0 Å². The number of nitrogens with one attached hydrogen (secondary N) is 1. The normalized spacial score (nSPS) is 12.7. The van der Waals surface area contributed by atoms with E-state index in [1.807, 2.05) is 0 Å². The molecule has 2 nitrogen and oxygen atoms in total. The second kappa shape index (κ2) is 6.30. The van der Waals surface area contributed by atoms with Crippen molar-refractivity contribution in [2.24, 2.45) is 5.84 Å². The number of halogens is 2. The van der Waals surface area contributed by atoms with Crippen molar-refractivity contribution >= 4 is 43.2 Å². The van der Waals surface area contributed by atoms with E-state index in [2.05, 4.69) is 74.5 Å². The number of thiophene rings is 1. The molecule has 96 valence electrons. The number of hydrazine groups is 1. The summed E-state index contributed by atoms with van der Waals surface area (Å²) in [7, 11) is 0. The Kier molecular flexibility index (Phi) is 4.98. The van der Waals surface area contributed by atoms with E-state index in [1.54, 1.807) is 11.3 Å². The summed E-state index contributed by atoms with van der Waals surface area (Å²) in [4.78, 5) is 1.31. The van der Waals surface area contributed by atoms with Crippen LogP contribution >= 0.6 is 43.2 Å². The lowest BCUT2D eigenvalue weighted by molar-refractivity contribution is 0.555. The van der Waals surface area contributed by atoms with Crippen LogP contribution in [0.4, 0.5) is 0 Å². The highest BCUT2D eigenvalue weighted by Gasteiger charge is 2.12. The Morgan fingerprint density at radius 1 is 1.28 bits per heavy atom. The maximum Gasteiger partial charge on any atom is 0.0701 e. The molecule has 2 aromatic rings. The number of benzene rings is 1. The maximum atomic E-state index is 5.69. The average Bonchev–Trinajstić information content (AvgIpc) is 2.70. The van der Waals surface area contributed by atoms with Gasteiger partial charge in [0.1, 0.15) is 0 Å². The number of hydrogen-bond acceptors (Lipinski definition) is 3. The van der Waals surface area contributed by atoms with Crippen molar-refractivity contribution in [2.45, 2.75) is 19.4 Å². The van der Waals surface area contributed by atoms with Crippen LogP contribution in [-0.4, -0.2) is 0 Å². The van der Waals surface area contributed by atoms with Crippen LogP contribution in [0.3, 0.4) is 0 Å². The summed E-state index contributed by atoms with van der Waals surface area (Å²) in [5.74, 6) is 5.69. The van der Waals surface area contributed by atoms with Gasteiger partial charge >= 0.3 is 0 Å². The van der Waals surface area contributed by atoms with Crippen molar-refractivity contribution in [3.63, 3.8) is 0 Å². The maximum absolute atomic E-state index is 5.69. The number of rotatable bonds is 4. The Balaban J connectivity index is 2.22. The molecule has 0 aliphatic rings. The first kappa shape index (κ1) is 14.2. The van der Waals surface area contributed by atoms with Crippen LogP contribution < -0.4 is 11.3 Å². The third-order valence-electron chi connectivity index (χ3n) is 2.70. The van der Waals surface area contributed by atoms with Crippen molar-refractivity contribution < 1.29 is 0 Å². The average molecular weight is 390 g/mol. The second-order valence-corrected chi connectivity index (χ2v) is 7.65. The Morgan fingerprint density at radius 2 is 2.06 bits per heavy atom. The smallest absolute Gasteiger partial charge is 0.0701 e. The molecule has 5 heteroatoms. The molecule has 1 heterocycles. The minimum absolute atomic E-state index is 0.131. The first-order valence-electron chi connectivity index (χ1n) is 5.56. The summed E-state index contributed by atoms with van der Waals surface area (Å²) in [6.07, 6.45) is 0.892. The zero-order valence-electron chi connectivity index (χ0n) is 9.91. The van der Waals surface area contributed by atoms with Crippen molar-refractivity contribution in [1.82, 2.24) is 5.43 Å². The molecule has 1 unspecified atom stereocenters. The molecule has 18 heavy (non-hydrogen) atoms. The highest BCUT2D eigenvalue weighted by atomic mass is 79.9. The molecular weight excluding hydrogens is 376 g/mol. The van der Waals surface area contributed by atoms with Crippen LogP contribution in [-0.2, 0) is 6.42 Å². The summed E-state index contributed by atoms with van der Waals surface area (Å²) >= 11 is 8.75. The first-order valence-corrected chi connectivity index (χ1v) is 7.96. The van der Waals surface area contributed by atoms with E-state index in [9.17, 15) is 0 Å². The molecule has 1 aromatic heterocycles. The van der Waals surface area contributed by atoms with Gasteiger partial charge in [0.25, 0.3) is 0 Å². The minimum Gasteiger partial charge on any atom is -0.271 e. The SMILES string of the molecule is Cc1cc(Br)cc(C(Cc2ccc(Br)s2)NN)c1. The zero-order chi connectivity index (χ0) is 13.1. The van der Waals surface area contributed by atoms with E-state index >= 15 is 0 Å². The summed E-state index contributed by atoms with van der Waals surface area (Å²) in [6, 6.07) is 10.7. The quantitative estimate of drug-likeness (QED) is 0.603. The Labute approximate surface area is 128 Å². The molecule has 0 fully saturated rings. The topological polar surface area (TPSA) is 38.0 Å². The predicted octanol–water partition coefficient (Wildman–Crippen LogP) is 4.33. The molecule has 0 saturated carbocycles. The van der Waals surface area contributed by atoms with Crippen molar-refractivity contribution in [2.75, 3.05) is 0 Å². The number of hydrogen-bond donors (Lipinski definition) is 2. The van der Waals surface area contributed by atoms with E-state index in [0.29, 0.717) is 0 Å². The fourth-order valence-electron chi connectivity index (χ4n) is 1.90. The summed E-state index contributed by atoms with van der Waals surface area (Å²) in [5.41, 5.74) is 5.33. The van der Waals surface area contributed by atoms with Gasteiger partial charge in [-0.15, -0.1) is 11.3 Å². The van der Waals surface area contributed by atoms with Crippen molar-refractivity contribution in [3.8, 4) is 0 Å². The predicted molar refractivity (Wildman–Crippen MR) is 84.7 cm³/mol. The van der Waals surface area contributed by atoms with Crippen LogP contribution in [0.1, 0.15) is 22.0 Å². The van der Waals surface area contributed by atoms with Crippen LogP contribution in [0.25, 0.3) is 0 Å². The molecular formula is C13H14Br2N2S. The molecule has 2 rings (SSSR count). The monoisotopic (exact) mass is 388 g/mol. The van der Waals surface area contributed by atoms with Gasteiger partial charge in [-0.05, 0) is 58.2 Å². The standard InChI is InChI=1S/C13H14Br2N2S/c1-8-4-9(6-10(14)5-8)12(17-16)7-11-2-3-13(15)18-11/h2-6,12,17H,7,16H2,1H3. The van der Waals surface area contributed by atoms with Gasteiger partial charge in [0.2, 0.25) is 0 Å².